The first kappa shape index (κ1) is 15.5. The van der Waals surface area contributed by atoms with Crippen molar-refractivity contribution in [2.75, 3.05) is 0 Å². The average Bonchev–Trinajstić information content (AvgIpc) is 2.14. The summed E-state index contributed by atoms with van der Waals surface area (Å²) in [6.07, 6.45) is -4.61. The van der Waals surface area contributed by atoms with Gasteiger partial charge in [-0.05, 0) is 17.7 Å². The molecule has 0 saturated heterocycles. The van der Waals surface area contributed by atoms with Crippen LogP contribution in [0.4, 0.5) is 13.2 Å². The van der Waals surface area contributed by atoms with Gasteiger partial charge in [-0.1, -0.05) is 11.6 Å². The highest BCUT2D eigenvalue weighted by Crippen LogP contribution is 2.43. The molecule has 0 bridgehead atoms. The molecule has 1 rings (SSSR count). The van der Waals surface area contributed by atoms with Crippen LogP contribution in [0.25, 0.3) is 0 Å². The van der Waals surface area contributed by atoms with Gasteiger partial charge in [0.2, 0.25) is 0 Å². The lowest BCUT2D eigenvalue weighted by Crippen LogP contribution is -2.10. The van der Waals surface area contributed by atoms with Gasteiger partial charge in [0.15, 0.2) is 0 Å². The predicted octanol–water partition coefficient (Wildman–Crippen LogP) is 6.31. The van der Waals surface area contributed by atoms with Crippen molar-refractivity contribution in [1.82, 2.24) is 0 Å². The van der Waals surface area contributed by atoms with Crippen LogP contribution in [-0.2, 0) is 6.18 Å². The van der Waals surface area contributed by atoms with Gasteiger partial charge in [-0.3, -0.25) is 0 Å². The Labute approximate surface area is 121 Å². The van der Waals surface area contributed by atoms with E-state index in [2.05, 4.69) is 0 Å². The lowest BCUT2D eigenvalue weighted by molar-refractivity contribution is -0.138. The minimum atomic E-state index is -4.61. The summed E-state index contributed by atoms with van der Waals surface area (Å²) in [5.41, 5.74) is -1.37. The van der Waals surface area contributed by atoms with Crippen molar-refractivity contribution in [2.24, 2.45) is 0 Å². The topological polar surface area (TPSA) is 0 Å². The minimum absolute atomic E-state index is 0.0192. The number of rotatable bonds is 2. The van der Waals surface area contributed by atoms with E-state index in [4.69, 9.17) is 58.0 Å². The van der Waals surface area contributed by atoms with Crippen molar-refractivity contribution in [3.05, 3.63) is 33.8 Å². The normalized spacial score (nSPS) is 12.6. The second kappa shape index (κ2) is 5.62. The summed E-state index contributed by atoms with van der Waals surface area (Å²) in [5, 5.41) is -0.0192. The molecule has 1 aromatic carbocycles. The predicted molar refractivity (Wildman–Crippen MR) is 65.3 cm³/mol. The summed E-state index contributed by atoms with van der Waals surface area (Å²) in [4.78, 5) is -2.51. The van der Waals surface area contributed by atoms with Crippen molar-refractivity contribution >= 4 is 58.0 Å². The fourth-order valence-electron chi connectivity index (χ4n) is 1.20. The molecule has 0 aliphatic carbocycles. The van der Waals surface area contributed by atoms with Gasteiger partial charge in [0.05, 0.1) is 5.56 Å². The summed E-state index contributed by atoms with van der Waals surface area (Å²) in [6, 6.07) is 1.77. The Bertz CT molecular complexity index is 414. The van der Waals surface area contributed by atoms with E-state index in [1.165, 1.54) is 0 Å². The second-order valence-electron chi connectivity index (χ2n) is 3.06. The van der Waals surface area contributed by atoms with Crippen LogP contribution >= 0.6 is 58.0 Å². The number of benzene rings is 1. The van der Waals surface area contributed by atoms with E-state index in [9.17, 15) is 13.2 Å². The van der Waals surface area contributed by atoms with E-state index in [-0.39, 0.29) is 16.1 Å². The Balaban J connectivity index is 3.48. The zero-order chi connectivity index (χ0) is 13.4. The summed E-state index contributed by atoms with van der Waals surface area (Å²) in [6.45, 7) is 0. The molecule has 0 radical (unpaired) electrons. The van der Waals surface area contributed by atoms with Crippen molar-refractivity contribution in [2.45, 2.75) is 15.8 Å². The summed E-state index contributed by atoms with van der Waals surface area (Å²) in [7, 11) is 0. The Morgan fingerprint density at radius 2 is 1.35 bits per heavy atom. The van der Waals surface area contributed by atoms with Gasteiger partial charge in [0.1, 0.15) is 9.67 Å². The molecule has 0 aliphatic heterocycles. The largest absolute Gasteiger partial charge is 0.416 e. The number of hydrogen-bond acceptors (Lipinski definition) is 0. The molecule has 0 heterocycles. The molecule has 8 heteroatoms. The Hall–Kier alpha value is 0.460. The van der Waals surface area contributed by atoms with Gasteiger partial charge in [0.25, 0.3) is 0 Å². The maximum atomic E-state index is 12.7. The van der Waals surface area contributed by atoms with E-state index in [0.29, 0.717) is 0 Å². The molecular weight excluding hydrogens is 342 g/mol. The average molecular weight is 346 g/mol. The Kier molecular flexibility index (Phi) is 5.13. The fourth-order valence-corrected chi connectivity index (χ4v) is 2.31. The van der Waals surface area contributed by atoms with Gasteiger partial charge < -0.3 is 0 Å². The van der Waals surface area contributed by atoms with Crippen LogP contribution in [0, 0.1) is 0 Å². The van der Waals surface area contributed by atoms with Crippen molar-refractivity contribution in [3.8, 4) is 0 Å². The summed E-state index contributed by atoms with van der Waals surface area (Å²) < 4.78 is 38.2. The van der Waals surface area contributed by atoms with E-state index in [0.717, 1.165) is 12.1 Å². The molecule has 0 N–H and O–H groups in total. The third-order valence-corrected chi connectivity index (χ3v) is 3.21. The molecule has 0 aromatic heterocycles. The molecule has 0 fully saturated rings. The Morgan fingerprint density at radius 1 is 0.882 bits per heavy atom. The molecule has 0 atom stereocenters. The molecule has 0 aliphatic rings. The maximum absolute atomic E-state index is 12.7. The molecule has 0 saturated carbocycles. The molecule has 0 nitrogen and oxygen atoms in total. The second-order valence-corrected chi connectivity index (χ2v) is 5.66. The van der Waals surface area contributed by atoms with Crippen LogP contribution in [-0.4, -0.2) is 0 Å². The van der Waals surface area contributed by atoms with Crippen LogP contribution in [0.3, 0.4) is 0 Å². The first-order valence-electron chi connectivity index (χ1n) is 4.11. The SMILES string of the molecule is FC(F)(F)c1cc(C(Cl)Cl)c(Cl)cc1C(Cl)Cl. The number of alkyl halides is 7. The van der Waals surface area contributed by atoms with Crippen molar-refractivity contribution in [1.29, 1.82) is 0 Å². The van der Waals surface area contributed by atoms with Crippen LogP contribution in [0.15, 0.2) is 12.1 Å². The molecule has 1 aromatic rings. The van der Waals surface area contributed by atoms with E-state index in [1.807, 2.05) is 0 Å². The van der Waals surface area contributed by atoms with Crippen LogP contribution < -0.4 is 0 Å². The summed E-state index contributed by atoms with van der Waals surface area (Å²) >= 11 is 27.7. The molecule has 17 heavy (non-hydrogen) atoms. The lowest BCUT2D eigenvalue weighted by Gasteiger charge is -2.16. The van der Waals surface area contributed by atoms with Crippen LogP contribution in [0.5, 0.6) is 0 Å². The third-order valence-electron chi connectivity index (χ3n) is 1.94. The fraction of sp³-hybridized carbons (Fsp3) is 0.333. The number of halogens is 8. The zero-order valence-electron chi connectivity index (χ0n) is 7.83. The molecule has 0 unspecified atom stereocenters. The van der Waals surface area contributed by atoms with Crippen LogP contribution in [0.1, 0.15) is 26.4 Å². The zero-order valence-corrected chi connectivity index (χ0v) is 11.6. The van der Waals surface area contributed by atoms with Gasteiger partial charge >= 0.3 is 6.18 Å². The highest BCUT2D eigenvalue weighted by molar-refractivity contribution is 6.46. The lowest BCUT2D eigenvalue weighted by atomic mass is 10.0. The van der Waals surface area contributed by atoms with Gasteiger partial charge in [-0.2, -0.15) is 13.2 Å². The quantitative estimate of drug-likeness (QED) is 0.550. The van der Waals surface area contributed by atoms with Gasteiger partial charge in [0, 0.05) is 10.6 Å². The van der Waals surface area contributed by atoms with E-state index in [1.54, 1.807) is 0 Å². The molecule has 0 amide bonds. The van der Waals surface area contributed by atoms with Crippen LogP contribution in [0.2, 0.25) is 5.02 Å². The monoisotopic (exact) mass is 344 g/mol. The van der Waals surface area contributed by atoms with Crippen molar-refractivity contribution in [3.63, 3.8) is 0 Å². The van der Waals surface area contributed by atoms with Gasteiger partial charge in [-0.25, -0.2) is 0 Å². The number of hydrogen-bond donors (Lipinski definition) is 0. The van der Waals surface area contributed by atoms with E-state index < -0.39 is 21.4 Å². The summed E-state index contributed by atoms with van der Waals surface area (Å²) in [5.74, 6) is 0. The highest BCUT2D eigenvalue weighted by Gasteiger charge is 2.36. The molecule has 0 spiro atoms. The maximum Gasteiger partial charge on any atom is 0.416 e. The first-order valence-corrected chi connectivity index (χ1v) is 6.23. The Morgan fingerprint density at radius 3 is 1.71 bits per heavy atom. The van der Waals surface area contributed by atoms with Crippen molar-refractivity contribution < 1.29 is 13.2 Å². The highest BCUT2D eigenvalue weighted by atomic mass is 35.5. The van der Waals surface area contributed by atoms with Gasteiger partial charge in [-0.15, -0.1) is 46.4 Å². The smallest absolute Gasteiger partial charge is 0.166 e. The third kappa shape index (κ3) is 3.71. The molecular formula is C9H4Cl5F3. The molecule has 96 valence electrons. The standard InChI is InChI=1S/C9H4Cl5F3/c10-6-2-3(7(11)12)5(9(15,16)17)1-4(6)8(13)14/h1-2,7-8H. The minimum Gasteiger partial charge on any atom is -0.166 e. The first-order chi connectivity index (χ1) is 7.64. The van der Waals surface area contributed by atoms with E-state index >= 15 is 0 Å².